The van der Waals surface area contributed by atoms with Gasteiger partial charge in [-0.3, -0.25) is 5.32 Å². The monoisotopic (exact) mass is 328 g/mol. The van der Waals surface area contributed by atoms with Crippen molar-refractivity contribution in [1.82, 2.24) is 10.1 Å². The Hall–Kier alpha value is -2.50. The molecule has 2 aromatic rings. The maximum Gasteiger partial charge on any atom is 0.323 e. The summed E-state index contributed by atoms with van der Waals surface area (Å²) in [7, 11) is 0. The number of hydrogen-bond acceptors (Lipinski definition) is 4. The van der Waals surface area contributed by atoms with Gasteiger partial charge < -0.3 is 14.3 Å². The number of aromatic nitrogens is 1. The fraction of sp³-hybridized carbons (Fsp3) is 0.444. The van der Waals surface area contributed by atoms with Gasteiger partial charge in [0.25, 0.3) is 0 Å². The molecular formula is C18H24N4O2. The van der Waals surface area contributed by atoms with E-state index in [1.165, 1.54) is 5.69 Å². The second-order valence-corrected chi connectivity index (χ2v) is 7.07. The van der Waals surface area contributed by atoms with Crippen LogP contribution in [0.3, 0.4) is 0 Å². The topological polar surface area (TPSA) is 61.6 Å². The highest BCUT2D eigenvalue weighted by Crippen LogP contribution is 2.24. The Kier molecular flexibility index (Phi) is 4.46. The molecule has 1 fully saturated rings. The summed E-state index contributed by atoms with van der Waals surface area (Å²) >= 11 is 0. The number of amides is 2. The largest absolute Gasteiger partial charge is 0.368 e. The summed E-state index contributed by atoms with van der Waals surface area (Å²) in [6.07, 6.45) is 0. The van der Waals surface area contributed by atoms with E-state index in [0.717, 1.165) is 18.8 Å². The number of nitrogens with zero attached hydrogens (tertiary/aromatic N) is 3. The van der Waals surface area contributed by atoms with Crippen LogP contribution in [0.2, 0.25) is 0 Å². The van der Waals surface area contributed by atoms with Crippen molar-refractivity contribution >= 4 is 17.5 Å². The summed E-state index contributed by atoms with van der Waals surface area (Å²) in [4.78, 5) is 16.5. The number of carbonyl (C=O) groups excluding carboxylic acids is 1. The number of piperazine rings is 1. The number of rotatable bonds is 2. The second kappa shape index (κ2) is 6.55. The molecule has 128 valence electrons. The minimum absolute atomic E-state index is 0.128. The van der Waals surface area contributed by atoms with Crippen LogP contribution in [0.5, 0.6) is 0 Å². The Bertz CT molecular complexity index is 683. The van der Waals surface area contributed by atoms with Crippen molar-refractivity contribution in [2.24, 2.45) is 0 Å². The first-order valence-electron chi connectivity index (χ1n) is 8.26. The number of benzene rings is 1. The highest BCUT2D eigenvalue weighted by atomic mass is 16.5. The third-order valence-corrected chi connectivity index (χ3v) is 4.17. The van der Waals surface area contributed by atoms with Crippen LogP contribution in [0.25, 0.3) is 0 Å². The molecule has 0 aliphatic carbocycles. The molecule has 6 heteroatoms. The zero-order valence-corrected chi connectivity index (χ0v) is 14.5. The summed E-state index contributed by atoms with van der Waals surface area (Å²) in [5.41, 5.74) is 1.07. The quantitative estimate of drug-likeness (QED) is 0.918. The van der Waals surface area contributed by atoms with Crippen molar-refractivity contribution in [3.05, 3.63) is 42.2 Å². The van der Waals surface area contributed by atoms with Gasteiger partial charge >= 0.3 is 6.03 Å². The van der Waals surface area contributed by atoms with Crippen molar-refractivity contribution in [3.8, 4) is 0 Å². The van der Waals surface area contributed by atoms with Gasteiger partial charge in [-0.15, -0.1) is 0 Å². The summed E-state index contributed by atoms with van der Waals surface area (Å²) in [5, 5.41) is 6.76. The molecule has 0 atom stereocenters. The van der Waals surface area contributed by atoms with Gasteiger partial charge in [0.2, 0.25) is 0 Å². The molecular weight excluding hydrogens is 304 g/mol. The average Bonchev–Trinajstić information content (AvgIpc) is 3.05. The molecule has 0 radical (unpaired) electrons. The van der Waals surface area contributed by atoms with Gasteiger partial charge in [-0.2, -0.15) is 0 Å². The molecule has 0 bridgehead atoms. The molecule has 0 saturated carbocycles. The van der Waals surface area contributed by atoms with Crippen molar-refractivity contribution in [2.75, 3.05) is 36.4 Å². The maximum absolute atomic E-state index is 12.4. The second-order valence-electron chi connectivity index (χ2n) is 7.07. The van der Waals surface area contributed by atoms with Gasteiger partial charge in [0.05, 0.1) is 0 Å². The maximum atomic E-state index is 12.4. The number of para-hydroxylation sites is 1. The predicted molar refractivity (Wildman–Crippen MR) is 94.4 cm³/mol. The van der Waals surface area contributed by atoms with Gasteiger partial charge in [0.15, 0.2) is 5.82 Å². The van der Waals surface area contributed by atoms with Crippen molar-refractivity contribution < 1.29 is 9.32 Å². The number of nitrogens with one attached hydrogen (secondary N) is 1. The Balaban J connectivity index is 1.55. The lowest BCUT2D eigenvalue weighted by molar-refractivity contribution is 0.208. The fourth-order valence-corrected chi connectivity index (χ4v) is 2.68. The predicted octanol–water partition coefficient (Wildman–Crippen LogP) is 3.33. The molecule has 1 aliphatic rings. The molecule has 2 heterocycles. The van der Waals surface area contributed by atoms with Crippen LogP contribution in [-0.2, 0) is 5.41 Å². The van der Waals surface area contributed by atoms with Crippen molar-refractivity contribution in [2.45, 2.75) is 26.2 Å². The van der Waals surface area contributed by atoms with E-state index in [0.29, 0.717) is 18.9 Å². The summed E-state index contributed by atoms with van der Waals surface area (Å²) in [6, 6.07) is 11.9. The molecule has 1 aliphatic heterocycles. The van der Waals surface area contributed by atoms with E-state index in [9.17, 15) is 4.79 Å². The van der Waals surface area contributed by atoms with Crippen LogP contribution in [-0.4, -0.2) is 42.3 Å². The number of urea groups is 1. The first kappa shape index (κ1) is 16.4. The van der Waals surface area contributed by atoms with E-state index in [1.54, 1.807) is 6.07 Å². The lowest BCUT2D eigenvalue weighted by Gasteiger charge is -2.35. The number of anilines is 2. The Morgan fingerprint density at radius 3 is 2.38 bits per heavy atom. The van der Waals surface area contributed by atoms with Crippen LogP contribution in [0.4, 0.5) is 16.3 Å². The fourth-order valence-electron chi connectivity index (χ4n) is 2.68. The van der Waals surface area contributed by atoms with E-state index >= 15 is 0 Å². The smallest absolute Gasteiger partial charge is 0.323 e. The van der Waals surface area contributed by atoms with Crippen molar-refractivity contribution in [1.29, 1.82) is 0 Å². The zero-order chi connectivity index (χ0) is 17.2. The summed E-state index contributed by atoms with van der Waals surface area (Å²) < 4.78 is 5.30. The van der Waals surface area contributed by atoms with E-state index < -0.39 is 0 Å². The molecule has 1 aromatic carbocycles. The van der Waals surface area contributed by atoms with E-state index in [2.05, 4.69) is 27.5 Å². The average molecular weight is 328 g/mol. The summed E-state index contributed by atoms with van der Waals surface area (Å²) in [6.45, 7) is 9.15. The molecule has 1 saturated heterocycles. The molecule has 6 nitrogen and oxygen atoms in total. The highest BCUT2D eigenvalue weighted by molar-refractivity contribution is 5.88. The minimum Gasteiger partial charge on any atom is -0.368 e. The molecule has 0 spiro atoms. The van der Waals surface area contributed by atoms with Gasteiger partial charge in [0.1, 0.15) is 5.76 Å². The standard InChI is InChI=1S/C18H24N4O2/c1-18(2,3)15-13-16(20-24-15)19-17(23)22-11-9-21(10-12-22)14-7-5-4-6-8-14/h4-8,13H,9-12H2,1-3H3,(H,19,20,23). The van der Waals surface area contributed by atoms with Gasteiger partial charge in [-0.25, -0.2) is 4.79 Å². The number of carbonyl (C=O) groups is 1. The van der Waals surface area contributed by atoms with Crippen LogP contribution in [0.1, 0.15) is 26.5 Å². The summed E-state index contributed by atoms with van der Waals surface area (Å²) in [5.74, 6) is 1.22. The normalized spacial score (nSPS) is 15.5. The van der Waals surface area contributed by atoms with Gasteiger partial charge in [-0.1, -0.05) is 44.1 Å². The molecule has 1 aromatic heterocycles. The molecule has 3 rings (SSSR count). The molecule has 0 unspecified atom stereocenters. The van der Waals surface area contributed by atoms with Crippen molar-refractivity contribution in [3.63, 3.8) is 0 Å². The van der Waals surface area contributed by atoms with Gasteiger partial charge in [0, 0.05) is 43.3 Å². The van der Waals surface area contributed by atoms with E-state index in [-0.39, 0.29) is 11.4 Å². The molecule has 2 amide bonds. The number of hydrogen-bond donors (Lipinski definition) is 1. The highest BCUT2D eigenvalue weighted by Gasteiger charge is 2.24. The van der Waals surface area contributed by atoms with Crippen LogP contribution < -0.4 is 10.2 Å². The first-order chi connectivity index (χ1) is 11.4. The van der Waals surface area contributed by atoms with Gasteiger partial charge in [-0.05, 0) is 12.1 Å². The Labute approximate surface area is 142 Å². The lowest BCUT2D eigenvalue weighted by atomic mass is 9.93. The van der Waals surface area contributed by atoms with E-state index in [1.807, 2.05) is 43.9 Å². The zero-order valence-electron chi connectivity index (χ0n) is 14.5. The Morgan fingerprint density at radius 1 is 1.12 bits per heavy atom. The third kappa shape index (κ3) is 3.69. The van der Waals surface area contributed by atoms with Crippen LogP contribution >= 0.6 is 0 Å². The first-order valence-corrected chi connectivity index (χ1v) is 8.26. The SMILES string of the molecule is CC(C)(C)c1cc(NC(=O)N2CCN(c3ccccc3)CC2)no1. The Morgan fingerprint density at radius 2 is 1.79 bits per heavy atom. The molecule has 1 N–H and O–H groups in total. The van der Waals surface area contributed by atoms with E-state index in [4.69, 9.17) is 4.52 Å². The minimum atomic E-state index is -0.128. The molecule has 24 heavy (non-hydrogen) atoms. The van der Waals surface area contributed by atoms with Crippen LogP contribution in [0.15, 0.2) is 40.9 Å². The van der Waals surface area contributed by atoms with Crippen LogP contribution in [0, 0.1) is 0 Å². The third-order valence-electron chi connectivity index (χ3n) is 4.17. The lowest BCUT2D eigenvalue weighted by Crippen LogP contribution is -2.50.